The van der Waals surface area contributed by atoms with Crippen LogP contribution in [0.1, 0.15) is 33.3 Å². The van der Waals surface area contributed by atoms with Gasteiger partial charge in [0.05, 0.1) is 0 Å². The Bertz CT molecular complexity index is 378. The highest BCUT2D eigenvalue weighted by atomic mass is 16.1. The van der Waals surface area contributed by atoms with E-state index in [2.05, 4.69) is 26.1 Å². The smallest absolute Gasteiger partial charge is 0.221 e. The molecule has 0 radical (unpaired) electrons. The lowest BCUT2D eigenvalue weighted by molar-refractivity contribution is -0.114. The highest BCUT2D eigenvalue weighted by Gasteiger charge is 2.14. The lowest BCUT2D eigenvalue weighted by Crippen LogP contribution is -2.13. The van der Waals surface area contributed by atoms with Gasteiger partial charge in [0.25, 0.3) is 0 Å². The number of nitrogens with two attached hydrogens (primary N) is 1. The van der Waals surface area contributed by atoms with Crippen molar-refractivity contribution in [1.29, 1.82) is 0 Å². The van der Waals surface area contributed by atoms with Crippen molar-refractivity contribution in [2.24, 2.45) is 0 Å². The monoisotopic (exact) mass is 206 g/mol. The molecular formula is C12H18N2O. The van der Waals surface area contributed by atoms with E-state index < -0.39 is 0 Å². The molecule has 1 rings (SSSR count). The van der Waals surface area contributed by atoms with Crippen molar-refractivity contribution < 1.29 is 4.79 Å². The summed E-state index contributed by atoms with van der Waals surface area (Å²) in [5.41, 5.74) is 8.36. The first-order valence-electron chi connectivity index (χ1n) is 4.97. The number of nitrogens with one attached hydrogen (secondary N) is 1. The van der Waals surface area contributed by atoms with Gasteiger partial charge in [-0.3, -0.25) is 4.79 Å². The quantitative estimate of drug-likeness (QED) is 0.694. The number of carbonyl (C=O) groups excluding carboxylic acids is 1. The summed E-state index contributed by atoms with van der Waals surface area (Å²) in [4.78, 5) is 10.9. The number of benzene rings is 1. The van der Waals surface area contributed by atoms with Crippen molar-refractivity contribution in [3.63, 3.8) is 0 Å². The molecule has 0 atom stereocenters. The summed E-state index contributed by atoms with van der Waals surface area (Å²) in [6, 6.07) is 5.65. The minimum Gasteiger partial charge on any atom is -0.399 e. The van der Waals surface area contributed by atoms with Crippen LogP contribution in [0.2, 0.25) is 0 Å². The third-order valence-electron chi connectivity index (χ3n) is 2.14. The molecule has 3 nitrogen and oxygen atoms in total. The van der Waals surface area contributed by atoms with Gasteiger partial charge in [0.2, 0.25) is 5.91 Å². The zero-order valence-corrected chi connectivity index (χ0v) is 9.72. The summed E-state index contributed by atoms with van der Waals surface area (Å²) in [5.74, 6) is -0.0829. The number of carbonyl (C=O) groups is 1. The minimum absolute atomic E-state index is 0.0304. The molecule has 0 saturated carbocycles. The summed E-state index contributed by atoms with van der Waals surface area (Å²) in [6.45, 7) is 7.82. The van der Waals surface area contributed by atoms with Gasteiger partial charge >= 0.3 is 0 Å². The number of rotatable bonds is 1. The van der Waals surface area contributed by atoms with Gasteiger partial charge in [0.15, 0.2) is 0 Å². The first kappa shape index (κ1) is 11.6. The molecule has 3 heteroatoms. The van der Waals surface area contributed by atoms with E-state index >= 15 is 0 Å². The highest BCUT2D eigenvalue weighted by Crippen LogP contribution is 2.27. The summed E-state index contributed by atoms with van der Waals surface area (Å²) >= 11 is 0. The Hall–Kier alpha value is -1.51. The molecular weight excluding hydrogens is 188 g/mol. The number of nitrogen functional groups attached to an aromatic ring is 1. The van der Waals surface area contributed by atoms with Gasteiger partial charge < -0.3 is 11.1 Å². The molecule has 1 aromatic rings. The predicted octanol–water partition coefficient (Wildman–Crippen LogP) is 2.52. The second-order valence-electron chi connectivity index (χ2n) is 4.77. The molecule has 1 amide bonds. The number of hydrogen-bond donors (Lipinski definition) is 2. The van der Waals surface area contributed by atoms with Crippen molar-refractivity contribution in [2.45, 2.75) is 33.1 Å². The topological polar surface area (TPSA) is 55.1 Å². The number of anilines is 2. The van der Waals surface area contributed by atoms with Crippen LogP contribution in [0.25, 0.3) is 0 Å². The highest BCUT2D eigenvalue weighted by molar-refractivity contribution is 5.89. The van der Waals surface area contributed by atoms with E-state index in [9.17, 15) is 4.79 Å². The standard InChI is InChI=1S/C12H18N2O/c1-8(15)14-11-6-9(12(2,3)4)5-10(13)7-11/h5-7H,13H2,1-4H3,(H,14,15). The molecule has 0 fully saturated rings. The fraction of sp³-hybridized carbons (Fsp3) is 0.417. The molecule has 0 aliphatic heterocycles. The first-order valence-corrected chi connectivity index (χ1v) is 4.97. The van der Waals surface area contributed by atoms with Crippen LogP contribution in [0.5, 0.6) is 0 Å². The maximum Gasteiger partial charge on any atom is 0.221 e. The third-order valence-corrected chi connectivity index (χ3v) is 2.14. The Morgan fingerprint density at radius 1 is 1.27 bits per heavy atom. The van der Waals surface area contributed by atoms with Crippen molar-refractivity contribution in [1.82, 2.24) is 0 Å². The van der Waals surface area contributed by atoms with Crippen molar-refractivity contribution >= 4 is 17.3 Å². The van der Waals surface area contributed by atoms with Gasteiger partial charge in [0, 0.05) is 18.3 Å². The lowest BCUT2D eigenvalue weighted by atomic mass is 9.86. The lowest BCUT2D eigenvalue weighted by Gasteiger charge is -2.20. The maximum atomic E-state index is 10.9. The summed E-state index contributed by atoms with van der Waals surface area (Å²) in [5, 5.41) is 2.74. The van der Waals surface area contributed by atoms with Crippen LogP contribution in [-0.4, -0.2) is 5.91 Å². The van der Waals surface area contributed by atoms with Crippen LogP contribution in [-0.2, 0) is 10.2 Å². The molecule has 0 aromatic heterocycles. The van der Waals surface area contributed by atoms with E-state index in [1.165, 1.54) is 6.92 Å². The van der Waals surface area contributed by atoms with E-state index in [-0.39, 0.29) is 11.3 Å². The van der Waals surface area contributed by atoms with Crippen LogP contribution >= 0.6 is 0 Å². The van der Waals surface area contributed by atoms with Gasteiger partial charge in [-0.2, -0.15) is 0 Å². The van der Waals surface area contributed by atoms with Gasteiger partial charge in [0.1, 0.15) is 0 Å². The number of amides is 1. The molecule has 3 N–H and O–H groups in total. The Morgan fingerprint density at radius 2 is 1.87 bits per heavy atom. The van der Waals surface area contributed by atoms with Gasteiger partial charge in [-0.05, 0) is 29.2 Å². The first-order chi connectivity index (χ1) is 6.79. The van der Waals surface area contributed by atoms with Gasteiger partial charge in [-0.15, -0.1) is 0 Å². The fourth-order valence-corrected chi connectivity index (χ4v) is 1.36. The van der Waals surface area contributed by atoms with Gasteiger partial charge in [-0.1, -0.05) is 20.8 Å². The van der Waals surface area contributed by atoms with Crippen LogP contribution in [0.3, 0.4) is 0 Å². The average molecular weight is 206 g/mol. The molecule has 0 bridgehead atoms. The number of hydrogen-bond acceptors (Lipinski definition) is 2. The second kappa shape index (κ2) is 3.93. The van der Waals surface area contributed by atoms with Crippen LogP contribution in [0.15, 0.2) is 18.2 Å². The van der Waals surface area contributed by atoms with Crippen LogP contribution in [0, 0.1) is 0 Å². The van der Waals surface area contributed by atoms with Crippen LogP contribution in [0.4, 0.5) is 11.4 Å². The third kappa shape index (κ3) is 3.27. The van der Waals surface area contributed by atoms with Crippen molar-refractivity contribution in [3.8, 4) is 0 Å². The van der Waals surface area contributed by atoms with E-state index in [1.54, 1.807) is 6.07 Å². The van der Waals surface area contributed by atoms with Crippen molar-refractivity contribution in [3.05, 3.63) is 23.8 Å². The zero-order valence-electron chi connectivity index (χ0n) is 9.72. The molecule has 0 heterocycles. The molecule has 0 unspecified atom stereocenters. The summed E-state index contributed by atoms with van der Waals surface area (Å²) in [6.07, 6.45) is 0. The van der Waals surface area contributed by atoms with E-state index in [4.69, 9.17) is 5.73 Å². The molecule has 15 heavy (non-hydrogen) atoms. The zero-order chi connectivity index (χ0) is 11.6. The SMILES string of the molecule is CC(=O)Nc1cc(N)cc(C(C)(C)C)c1. The Labute approximate surface area is 90.7 Å². The molecule has 0 aliphatic rings. The predicted molar refractivity (Wildman–Crippen MR) is 63.9 cm³/mol. The van der Waals surface area contributed by atoms with Crippen molar-refractivity contribution in [2.75, 3.05) is 11.1 Å². The largest absolute Gasteiger partial charge is 0.399 e. The summed E-state index contributed by atoms with van der Waals surface area (Å²) in [7, 11) is 0. The summed E-state index contributed by atoms with van der Waals surface area (Å²) < 4.78 is 0. The average Bonchev–Trinajstić information content (AvgIpc) is 1.99. The van der Waals surface area contributed by atoms with E-state index in [1.807, 2.05) is 12.1 Å². The molecule has 0 spiro atoms. The Kier molecular flexibility index (Phi) is 3.03. The minimum atomic E-state index is -0.0829. The maximum absolute atomic E-state index is 10.9. The molecule has 0 saturated heterocycles. The molecule has 1 aromatic carbocycles. The van der Waals surface area contributed by atoms with Crippen LogP contribution < -0.4 is 11.1 Å². The molecule has 82 valence electrons. The van der Waals surface area contributed by atoms with Gasteiger partial charge in [-0.25, -0.2) is 0 Å². The van der Waals surface area contributed by atoms with E-state index in [0.29, 0.717) is 5.69 Å². The fourth-order valence-electron chi connectivity index (χ4n) is 1.36. The van der Waals surface area contributed by atoms with E-state index in [0.717, 1.165) is 11.3 Å². The Balaban J connectivity index is 3.11. The second-order valence-corrected chi connectivity index (χ2v) is 4.77. The Morgan fingerprint density at radius 3 is 2.33 bits per heavy atom. The molecule has 0 aliphatic carbocycles. The normalized spacial score (nSPS) is 11.2.